The first kappa shape index (κ1) is 20.9. The molecule has 3 N–H and O–H groups in total. The zero-order valence-electron chi connectivity index (χ0n) is 15.3. The number of nitrogens with zero attached hydrogens (tertiary/aromatic N) is 1. The van der Waals surface area contributed by atoms with Gasteiger partial charge in [0, 0.05) is 36.3 Å². The van der Waals surface area contributed by atoms with Crippen LogP contribution in [0.5, 0.6) is 0 Å². The fraction of sp³-hybridized carbons (Fsp3) is 0.333. The maximum Gasteiger partial charge on any atom is 0.253 e. The van der Waals surface area contributed by atoms with Crippen molar-refractivity contribution in [2.45, 2.75) is 24.8 Å². The number of piperidine rings is 1. The molecule has 1 saturated heterocycles. The molecule has 1 heterocycles. The van der Waals surface area contributed by atoms with E-state index in [0.29, 0.717) is 37.2 Å². The molecule has 1 fully saturated rings. The standard InChI is InChI=1S/C21H25N3O2.ClH/c22-21(11-14-23-19(25)17-7-3-1-4-8-17)12-15-24(16-13-21)20(26)18-9-5-2-6-10-18;/h1-10H,11-16,22H2,(H,23,25);1H. The molecule has 5 nitrogen and oxygen atoms in total. The summed E-state index contributed by atoms with van der Waals surface area (Å²) in [5.74, 6) is -0.0177. The highest BCUT2D eigenvalue weighted by molar-refractivity contribution is 5.94. The van der Waals surface area contributed by atoms with Crippen LogP contribution in [-0.2, 0) is 0 Å². The Morgan fingerprint density at radius 2 is 1.44 bits per heavy atom. The molecule has 0 spiro atoms. The van der Waals surface area contributed by atoms with E-state index in [1.54, 1.807) is 12.1 Å². The van der Waals surface area contributed by atoms with E-state index in [2.05, 4.69) is 5.32 Å². The number of likely N-dealkylation sites (tertiary alicyclic amines) is 1. The Labute approximate surface area is 166 Å². The molecule has 0 unspecified atom stereocenters. The molecule has 2 amide bonds. The molecule has 0 aliphatic carbocycles. The number of hydrogen-bond acceptors (Lipinski definition) is 3. The van der Waals surface area contributed by atoms with Crippen LogP contribution in [0.4, 0.5) is 0 Å². The van der Waals surface area contributed by atoms with Gasteiger partial charge in [-0.05, 0) is 43.5 Å². The Bertz CT molecular complexity index is 739. The molecular weight excluding hydrogens is 362 g/mol. The van der Waals surface area contributed by atoms with Crippen LogP contribution in [0.15, 0.2) is 60.7 Å². The molecule has 2 aromatic carbocycles. The third kappa shape index (κ3) is 5.55. The SMILES string of the molecule is Cl.NC1(CCNC(=O)c2ccccc2)CCN(C(=O)c2ccccc2)CC1. The van der Waals surface area contributed by atoms with Gasteiger partial charge in [-0.25, -0.2) is 0 Å². The Balaban J connectivity index is 0.00000261. The van der Waals surface area contributed by atoms with Crippen molar-refractivity contribution in [3.63, 3.8) is 0 Å². The summed E-state index contributed by atoms with van der Waals surface area (Å²) in [7, 11) is 0. The van der Waals surface area contributed by atoms with Crippen LogP contribution in [0.2, 0.25) is 0 Å². The molecule has 144 valence electrons. The third-order valence-corrected chi connectivity index (χ3v) is 5.01. The Kier molecular flexibility index (Phi) is 7.39. The molecule has 1 aliphatic heterocycles. The summed E-state index contributed by atoms with van der Waals surface area (Å²) in [6, 6.07) is 18.5. The molecule has 0 bridgehead atoms. The zero-order chi connectivity index (χ0) is 18.4. The van der Waals surface area contributed by atoms with Gasteiger partial charge in [0.1, 0.15) is 0 Å². The summed E-state index contributed by atoms with van der Waals surface area (Å²) < 4.78 is 0. The summed E-state index contributed by atoms with van der Waals surface area (Å²) in [5.41, 5.74) is 7.53. The number of nitrogens with one attached hydrogen (secondary N) is 1. The largest absolute Gasteiger partial charge is 0.352 e. The highest BCUT2D eigenvalue weighted by Crippen LogP contribution is 2.24. The van der Waals surface area contributed by atoms with Gasteiger partial charge in [-0.2, -0.15) is 0 Å². The number of nitrogens with two attached hydrogens (primary N) is 1. The van der Waals surface area contributed by atoms with Gasteiger partial charge in [0.15, 0.2) is 0 Å². The second kappa shape index (κ2) is 9.53. The van der Waals surface area contributed by atoms with Crippen LogP contribution in [0.25, 0.3) is 0 Å². The lowest BCUT2D eigenvalue weighted by atomic mass is 9.85. The number of carbonyl (C=O) groups is 2. The molecular formula is C21H26ClN3O2. The molecule has 0 saturated carbocycles. The minimum absolute atomic E-state index is 0. The lowest BCUT2D eigenvalue weighted by Crippen LogP contribution is -2.53. The van der Waals surface area contributed by atoms with Crippen LogP contribution >= 0.6 is 12.4 Å². The summed E-state index contributed by atoms with van der Waals surface area (Å²) in [4.78, 5) is 26.4. The van der Waals surface area contributed by atoms with Crippen molar-refractivity contribution in [3.05, 3.63) is 71.8 Å². The first-order valence-corrected chi connectivity index (χ1v) is 9.04. The molecule has 6 heteroatoms. The number of halogens is 1. The Morgan fingerprint density at radius 1 is 0.926 bits per heavy atom. The third-order valence-electron chi connectivity index (χ3n) is 5.01. The van der Waals surface area contributed by atoms with E-state index in [0.717, 1.165) is 12.8 Å². The van der Waals surface area contributed by atoms with Gasteiger partial charge in [0.05, 0.1) is 0 Å². The van der Waals surface area contributed by atoms with Gasteiger partial charge in [0.25, 0.3) is 11.8 Å². The van der Waals surface area contributed by atoms with Crippen LogP contribution in [-0.4, -0.2) is 41.9 Å². The topological polar surface area (TPSA) is 75.4 Å². The molecule has 0 radical (unpaired) electrons. The second-order valence-electron chi connectivity index (χ2n) is 6.89. The molecule has 1 aliphatic rings. The smallest absolute Gasteiger partial charge is 0.253 e. The average Bonchev–Trinajstić information content (AvgIpc) is 2.69. The van der Waals surface area contributed by atoms with Crippen molar-refractivity contribution in [2.24, 2.45) is 5.73 Å². The van der Waals surface area contributed by atoms with E-state index in [1.165, 1.54) is 0 Å². The lowest BCUT2D eigenvalue weighted by molar-refractivity contribution is 0.0665. The van der Waals surface area contributed by atoms with Gasteiger partial charge in [-0.3, -0.25) is 9.59 Å². The second-order valence-corrected chi connectivity index (χ2v) is 6.89. The summed E-state index contributed by atoms with van der Waals surface area (Å²) in [5, 5.41) is 2.93. The van der Waals surface area contributed by atoms with Crippen molar-refractivity contribution in [2.75, 3.05) is 19.6 Å². The maximum absolute atomic E-state index is 12.5. The predicted octanol–water partition coefficient (Wildman–Crippen LogP) is 2.86. The normalized spacial score (nSPS) is 15.5. The number of hydrogen-bond donors (Lipinski definition) is 2. The Morgan fingerprint density at radius 3 is 2.00 bits per heavy atom. The number of carbonyl (C=O) groups excluding carboxylic acids is 2. The van der Waals surface area contributed by atoms with Crippen LogP contribution in [0.3, 0.4) is 0 Å². The lowest BCUT2D eigenvalue weighted by Gasteiger charge is -2.39. The van der Waals surface area contributed by atoms with Crippen molar-refractivity contribution in [3.8, 4) is 0 Å². The van der Waals surface area contributed by atoms with Crippen LogP contribution in [0, 0.1) is 0 Å². The van der Waals surface area contributed by atoms with Gasteiger partial charge in [-0.15, -0.1) is 12.4 Å². The monoisotopic (exact) mass is 387 g/mol. The quantitative estimate of drug-likeness (QED) is 0.828. The molecule has 2 aromatic rings. The van der Waals surface area contributed by atoms with E-state index < -0.39 is 0 Å². The number of rotatable bonds is 5. The number of benzene rings is 2. The Hall–Kier alpha value is -2.37. The molecule has 27 heavy (non-hydrogen) atoms. The molecule has 0 atom stereocenters. The van der Waals surface area contributed by atoms with Crippen molar-refractivity contribution >= 4 is 24.2 Å². The van der Waals surface area contributed by atoms with E-state index in [4.69, 9.17) is 5.73 Å². The van der Waals surface area contributed by atoms with Gasteiger partial charge < -0.3 is 16.0 Å². The zero-order valence-corrected chi connectivity index (χ0v) is 16.1. The summed E-state index contributed by atoms with van der Waals surface area (Å²) in [6.45, 7) is 1.84. The minimum Gasteiger partial charge on any atom is -0.352 e. The summed E-state index contributed by atoms with van der Waals surface area (Å²) >= 11 is 0. The minimum atomic E-state index is -0.336. The van der Waals surface area contributed by atoms with Crippen LogP contribution < -0.4 is 11.1 Å². The predicted molar refractivity (Wildman–Crippen MR) is 109 cm³/mol. The highest BCUT2D eigenvalue weighted by Gasteiger charge is 2.32. The highest BCUT2D eigenvalue weighted by atomic mass is 35.5. The van der Waals surface area contributed by atoms with E-state index in [-0.39, 0.29) is 29.8 Å². The molecule has 0 aromatic heterocycles. The van der Waals surface area contributed by atoms with Crippen molar-refractivity contribution in [1.29, 1.82) is 0 Å². The molecule has 3 rings (SSSR count). The fourth-order valence-corrected chi connectivity index (χ4v) is 3.29. The van der Waals surface area contributed by atoms with Crippen LogP contribution in [0.1, 0.15) is 40.0 Å². The van der Waals surface area contributed by atoms with Crippen molar-refractivity contribution in [1.82, 2.24) is 10.2 Å². The van der Waals surface area contributed by atoms with Gasteiger partial charge in [-0.1, -0.05) is 36.4 Å². The fourth-order valence-electron chi connectivity index (χ4n) is 3.29. The number of amides is 2. The first-order valence-electron chi connectivity index (χ1n) is 9.04. The van der Waals surface area contributed by atoms with Gasteiger partial charge in [0.2, 0.25) is 0 Å². The maximum atomic E-state index is 12.5. The van der Waals surface area contributed by atoms with E-state index in [9.17, 15) is 9.59 Å². The summed E-state index contributed by atoms with van der Waals surface area (Å²) in [6.07, 6.45) is 2.19. The first-order chi connectivity index (χ1) is 12.6. The van der Waals surface area contributed by atoms with E-state index >= 15 is 0 Å². The van der Waals surface area contributed by atoms with Gasteiger partial charge >= 0.3 is 0 Å². The van der Waals surface area contributed by atoms with E-state index in [1.807, 2.05) is 53.4 Å². The average molecular weight is 388 g/mol. The van der Waals surface area contributed by atoms with Crippen molar-refractivity contribution < 1.29 is 9.59 Å².